The largest absolute Gasteiger partial charge is 0.486 e. The third-order valence-electron chi connectivity index (χ3n) is 3.17. The zero-order chi connectivity index (χ0) is 14.3. The Kier molecular flexibility index (Phi) is 3.33. The fourth-order valence-corrected chi connectivity index (χ4v) is 3.00. The molecule has 0 atom stereocenters. The molecule has 5 nitrogen and oxygen atoms in total. The number of nitrogens with zero attached hydrogens (tertiary/aromatic N) is 1. The van der Waals surface area contributed by atoms with E-state index in [2.05, 4.69) is 34.9 Å². The maximum atomic E-state index is 5.80. The van der Waals surface area contributed by atoms with Gasteiger partial charge in [-0.15, -0.1) is 0 Å². The zero-order valence-corrected chi connectivity index (χ0v) is 12.9. The number of benzene rings is 1. The maximum absolute atomic E-state index is 5.80. The van der Waals surface area contributed by atoms with E-state index in [0.717, 1.165) is 27.1 Å². The van der Waals surface area contributed by atoms with Crippen molar-refractivity contribution >= 4 is 21.7 Å². The molecular formula is C14H15BrN2O3. The number of fused-ring (bicyclic) bond motifs is 1. The molecule has 0 saturated heterocycles. The summed E-state index contributed by atoms with van der Waals surface area (Å²) in [6, 6.07) is 3.61. The first-order valence-electron chi connectivity index (χ1n) is 6.42. The molecule has 0 amide bonds. The van der Waals surface area contributed by atoms with Gasteiger partial charge in [-0.25, -0.2) is 0 Å². The molecule has 1 aliphatic heterocycles. The van der Waals surface area contributed by atoms with Gasteiger partial charge >= 0.3 is 0 Å². The molecule has 2 N–H and O–H groups in total. The summed E-state index contributed by atoms with van der Waals surface area (Å²) < 4.78 is 17.7. The van der Waals surface area contributed by atoms with Crippen LogP contribution in [0, 0.1) is 0 Å². The Morgan fingerprint density at radius 3 is 2.65 bits per heavy atom. The van der Waals surface area contributed by atoms with Gasteiger partial charge in [0.25, 0.3) is 0 Å². The number of aromatic nitrogens is 1. The summed E-state index contributed by atoms with van der Waals surface area (Å²) in [5.74, 6) is 2.75. The van der Waals surface area contributed by atoms with Crippen LogP contribution >= 0.6 is 15.9 Å². The smallest absolute Gasteiger partial charge is 0.170 e. The fourth-order valence-electron chi connectivity index (χ4n) is 2.39. The first-order valence-corrected chi connectivity index (χ1v) is 7.21. The van der Waals surface area contributed by atoms with Gasteiger partial charge in [0.05, 0.1) is 0 Å². The molecule has 0 radical (unpaired) electrons. The van der Waals surface area contributed by atoms with Gasteiger partial charge in [0.1, 0.15) is 13.2 Å². The van der Waals surface area contributed by atoms with Crippen molar-refractivity contribution in [2.45, 2.75) is 19.8 Å². The minimum absolute atomic E-state index is 0.240. The number of nitrogens with two attached hydrogens (primary N) is 1. The van der Waals surface area contributed by atoms with E-state index >= 15 is 0 Å². The van der Waals surface area contributed by atoms with E-state index in [0.29, 0.717) is 24.8 Å². The Hall–Kier alpha value is -1.69. The van der Waals surface area contributed by atoms with E-state index in [4.69, 9.17) is 19.7 Å². The Labute approximate surface area is 125 Å². The second kappa shape index (κ2) is 5.01. The lowest BCUT2D eigenvalue weighted by atomic mass is 9.94. The molecule has 106 valence electrons. The third kappa shape index (κ3) is 2.14. The molecule has 0 fully saturated rings. The van der Waals surface area contributed by atoms with Gasteiger partial charge in [-0.1, -0.05) is 19.0 Å². The number of halogens is 1. The first kappa shape index (κ1) is 13.3. The molecule has 2 aromatic rings. The summed E-state index contributed by atoms with van der Waals surface area (Å²) in [5.41, 5.74) is 7.60. The van der Waals surface area contributed by atoms with Gasteiger partial charge in [0.15, 0.2) is 23.1 Å². The van der Waals surface area contributed by atoms with Crippen LogP contribution in [0.4, 0.5) is 5.82 Å². The minimum atomic E-state index is 0.240. The summed E-state index contributed by atoms with van der Waals surface area (Å²) >= 11 is 3.58. The molecule has 1 aromatic heterocycles. The van der Waals surface area contributed by atoms with Crippen LogP contribution in [0.3, 0.4) is 0 Å². The SMILES string of the molecule is CC(C)c1c2c(cc(Br)c1-c1cc(N)no1)OCCO2. The van der Waals surface area contributed by atoms with Crippen LogP contribution in [0.2, 0.25) is 0 Å². The quantitative estimate of drug-likeness (QED) is 0.906. The lowest BCUT2D eigenvalue weighted by molar-refractivity contribution is 0.169. The molecule has 0 bridgehead atoms. The average Bonchev–Trinajstić information content (AvgIpc) is 2.83. The van der Waals surface area contributed by atoms with Crippen LogP contribution in [0.25, 0.3) is 11.3 Å². The summed E-state index contributed by atoms with van der Waals surface area (Å²) in [5, 5.41) is 3.76. The normalized spacial score (nSPS) is 13.8. The number of nitrogen functional groups attached to an aromatic ring is 1. The highest BCUT2D eigenvalue weighted by atomic mass is 79.9. The number of ether oxygens (including phenoxy) is 2. The Morgan fingerprint density at radius 1 is 1.25 bits per heavy atom. The number of rotatable bonds is 2. The van der Waals surface area contributed by atoms with Crippen LogP contribution in [0.15, 0.2) is 21.1 Å². The van der Waals surface area contributed by atoms with Crippen molar-refractivity contribution in [1.29, 1.82) is 0 Å². The van der Waals surface area contributed by atoms with E-state index in [1.165, 1.54) is 0 Å². The van der Waals surface area contributed by atoms with Crippen LogP contribution in [-0.4, -0.2) is 18.4 Å². The van der Waals surface area contributed by atoms with Crippen LogP contribution < -0.4 is 15.2 Å². The standard InChI is InChI=1S/C14H15BrN2O3/c1-7(2)12-13(9-6-11(16)17-20-9)8(15)5-10-14(12)19-4-3-18-10/h5-7H,3-4H2,1-2H3,(H2,16,17). The van der Waals surface area contributed by atoms with E-state index in [1.54, 1.807) is 6.07 Å². The highest BCUT2D eigenvalue weighted by Gasteiger charge is 2.26. The minimum Gasteiger partial charge on any atom is -0.486 e. The van der Waals surface area contributed by atoms with Crippen LogP contribution in [0.5, 0.6) is 11.5 Å². The highest BCUT2D eigenvalue weighted by molar-refractivity contribution is 9.10. The predicted molar refractivity (Wildman–Crippen MR) is 79.1 cm³/mol. The molecule has 1 aromatic carbocycles. The zero-order valence-electron chi connectivity index (χ0n) is 11.3. The van der Waals surface area contributed by atoms with Crippen molar-refractivity contribution in [1.82, 2.24) is 5.16 Å². The molecule has 0 spiro atoms. The van der Waals surface area contributed by atoms with Crippen molar-refractivity contribution < 1.29 is 14.0 Å². The van der Waals surface area contributed by atoms with Crippen molar-refractivity contribution in [2.75, 3.05) is 18.9 Å². The summed E-state index contributed by atoms with van der Waals surface area (Å²) in [4.78, 5) is 0. The van der Waals surface area contributed by atoms with Gasteiger partial charge in [0, 0.05) is 21.7 Å². The van der Waals surface area contributed by atoms with Gasteiger partial charge in [-0.2, -0.15) is 0 Å². The van der Waals surface area contributed by atoms with Gasteiger partial charge in [-0.3, -0.25) is 0 Å². The van der Waals surface area contributed by atoms with Crippen molar-refractivity contribution in [2.24, 2.45) is 0 Å². The lowest BCUT2D eigenvalue weighted by Crippen LogP contribution is -2.17. The molecule has 1 aliphatic rings. The molecular weight excluding hydrogens is 324 g/mol. The Bertz CT molecular complexity index is 652. The van der Waals surface area contributed by atoms with Gasteiger partial charge in [-0.05, 0) is 27.9 Å². The highest BCUT2D eigenvalue weighted by Crippen LogP contribution is 2.47. The van der Waals surface area contributed by atoms with E-state index < -0.39 is 0 Å². The summed E-state index contributed by atoms with van der Waals surface area (Å²) in [7, 11) is 0. The van der Waals surface area contributed by atoms with Gasteiger partial charge < -0.3 is 19.7 Å². The molecule has 0 aliphatic carbocycles. The van der Waals surface area contributed by atoms with E-state index in [1.807, 2.05) is 6.07 Å². The number of hydrogen-bond acceptors (Lipinski definition) is 5. The van der Waals surface area contributed by atoms with Crippen molar-refractivity contribution in [3.63, 3.8) is 0 Å². The molecule has 0 saturated carbocycles. The molecule has 20 heavy (non-hydrogen) atoms. The predicted octanol–water partition coefficient (Wildman–Crippen LogP) is 3.58. The van der Waals surface area contributed by atoms with Crippen LogP contribution in [-0.2, 0) is 0 Å². The third-order valence-corrected chi connectivity index (χ3v) is 3.80. The van der Waals surface area contributed by atoms with Crippen LogP contribution in [0.1, 0.15) is 25.3 Å². The first-order chi connectivity index (χ1) is 9.58. The number of hydrogen-bond donors (Lipinski definition) is 1. The second-order valence-electron chi connectivity index (χ2n) is 4.94. The van der Waals surface area contributed by atoms with E-state index in [-0.39, 0.29) is 5.92 Å². The fraction of sp³-hybridized carbons (Fsp3) is 0.357. The monoisotopic (exact) mass is 338 g/mol. The Balaban J connectivity index is 2.27. The maximum Gasteiger partial charge on any atom is 0.170 e. The molecule has 3 rings (SSSR count). The van der Waals surface area contributed by atoms with Crippen molar-refractivity contribution in [3.05, 3.63) is 22.2 Å². The number of anilines is 1. The van der Waals surface area contributed by atoms with E-state index in [9.17, 15) is 0 Å². The summed E-state index contributed by atoms with van der Waals surface area (Å²) in [6.45, 7) is 5.31. The van der Waals surface area contributed by atoms with Gasteiger partial charge in [0.2, 0.25) is 0 Å². The Morgan fingerprint density at radius 2 is 2.00 bits per heavy atom. The molecule has 6 heteroatoms. The van der Waals surface area contributed by atoms with Crippen molar-refractivity contribution in [3.8, 4) is 22.8 Å². The average molecular weight is 339 g/mol. The topological polar surface area (TPSA) is 70.5 Å². The molecule has 2 heterocycles. The summed E-state index contributed by atoms with van der Waals surface area (Å²) in [6.07, 6.45) is 0. The molecule has 0 unspecified atom stereocenters. The lowest BCUT2D eigenvalue weighted by Gasteiger charge is -2.25. The second-order valence-corrected chi connectivity index (χ2v) is 5.80.